The highest BCUT2D eigenvalue weighted by molar-refractivity contribution is 7.98. The number of thioether (sulfide) groups is 1. The molecule has 9 heteroatoms. The molecule has 0 aliphatic heterocycles. The van der Waals surface area contributed by atoms with E-state index in [9.17, 15) is 13.2 Å². The van der Waals surface area contributed by atoms with Crippen molar-refractivity contribution in [2.45, 2.75) is 36.1 Å². The van der Waals surface area contributed by atoms with Crippen LogP contribution in [-0.2, 0) is 16.6 Å². The minimum atomic E-state index is -3.60. The van der Waals surface area contributed by atoms with Gasteiger partial charge in [0.2, 0.25) is 10.0 Å². The van der Waals surface area contributed by atoms with Crippen LogP contribution in [0.5, 0.6) is 0 Å². The molecule has 1 heterocycles. The van der Waals surface area contributed by atoms with E-state index in [1.165, 1.54) is 27.8 Å². The van der Waals surface area contributed by atoms with E-state index < -0.39 is 10.0 Å². The Morgan fingerprint density at radius 3 is 2.42 bits per heavy atom. The fourth-order valence-corrected chi connectivity index (χ4v) is 6.46. The summed E-state index contributed by atoms with van der Waals surface area (Å²) >= 11 is 3.14. The second-order valence-corrected chi connectivity index (χ2v) is 12.3. The van der Waals surface area contributed by atoms with Crippen LogP contribution in [0.15, 0.2) is 82.6 Å². The van der Waals surface area contributed by atoms with Crippen LogP contribution in [0.1, 0.15) is 35.7 Å². The van der Waals surface area contributed by atoms with Crippen LogP contribution in [0.2, 0.25) is 0 Å². The molecule has 1 aromatic heterocycles. The van der Waals surface area contributed by atoms with Gasteiger partial charge < -0.3 is 0 Å². The maximum atomic E-state index is 13.7. The third-order valence-corrected chi connectivity index (χ3v) is 9.52. The first-order valence-electron chi connectivity index (χ1n) is 11.7. The van der Waals surface area contributed by atoms with Crippen LogP contribution in [-0.4, -0.2) is 43.5 Å². The first-order chi connectivity index (χ1) is 17.3. The normalized spacial score (nSPS) is 11.8. The first-order valence-corrected chi connectivity index (χ1v) is 15.2. The SMILES string of the molecule is CCCCN(C)S(=O)(=O)c1ccc(C(=O)N(Cc2ccccc2)c2nc3ccc(SC)cc3s2)cc1. The minimum absolute atomic E-state index is 0.178. The van der Waals surface area contributed by atoms with Crippen LogP contribution in [0.3, 0.4) is 0 Å². The molecule has 0 spiro atoms. The average Bonchev–Trinajstić information content (AvgIpc) is 3.33. The number of amides is 1. The number of thiazole rings is 1. The summed E-state index contributed by atoms with van der Waals surface area (Å²) in [6, 6.07) is 22.0. The van der Waals surface area contributed by atoms with Crippen molar-refractivity contribution in [3.63, 3.8) is 0 Å². The number of hydrogen-bond donors (Lipinski definition) is 0. The lowest BCUT2D eigenvalue weighted by molar-refractivity contribution is 0.0985. The zero-order chi connectivity index (χ0) is 25.7. The van der Waals surface area contributed by atoms with Gasteiger partial charge in [-0.2, -0.15) is 0 Å². The molecular weight excluding hydrogens is 511 g/mol. The van der Waals surface area contributed by atoms with Crippen molar-refractivity contribution >= 4 is 54.4 Å². The standard InChI is InChI=1S/C27H29N3O3S3/c1-4-5-17-29(2)36(32,33)23-14-11-21(12-15-23)26(31)30(19-20-9-7-6-8-10-20)27-28-24-16-13-22(34-3)18-25(24)35-27/h6-16,18H,4-5,17,19H2,1-3H3. The lowest BCUT2D eigenvalue weighted by Gasteiger charge is -2.21. The van der Waals surface area contributed by atoms with Gasteiger partial charge in [0.25, 0.3) is 5.91 Å². The molecule has 3 aromatic carbocycles. The molecule has 0 saturated carbocycles. The number of sulfonamides is 1. The summed E-state index contributed by atoms with van der Waals surface area (Å²) < 4.78 is 28.1. The molecule has 4 aromatic rings. The van der Waals surface area contributed by atoms with E-state index in [0.717, 1.165) is 33.5 Å². The second kappa shape index (κ2) is 11.6. The number of rotatable bonds is 10. The molecule has 0 aliphatic rings. The summed E-state index contributed by atoms with van der Waals surface area (Å²) in [6.07, 6.45) is 3.73. The Morgan fingerprint density at radius 2 is 1.75 bits per heavy atom. The van der Waals surface area contributed by atoms with Crippen molar-refractivity contribution in [1.82, 2.24) is 9.29 Å². The average molecular weight is 540 g/mol. The van der Waals surface area contributed by atoms with E-state index in [0.29, 0.717) is 23.8 Å². The zero-order valence-corrected chi connectivity index (χ0v) is 23.0. The second-order valence-electron chi connectivity index (χ2n) is 8.41. The van der Waals surface area contributed by atoms with Gasteiger partial charge in [0.15, 0.2) is 5.13 Å². The molecule has 0 saturated heterocycles. The monoisotopic (exact) mass is 539 g/mol. The minimum Gasteiger partial charge on any atom is -0.279 e. The van der Waals surface area contributed by atoms with Gasteiger partial charge in [0.05, 0.1) is 21.7 Å². The highest BCUT2D eigenvalue weighted by atomic mass is 32.2. The van der Waals surface area contributed by atoms with Gasteiger partial charge in [-0.3, -0.25) is 9.69 Å². The number of benzene rings is 3. The van der Waals surface area contributed by atoms with Crippen molar-refractivity contribution in [2.75, 3.05) is 24.7 Å². The van der Waals surface area contributed by atoms with Gasteiger partial charge in [-0.25, -0.2) is 17.7 Å². The summed E-state index contributed by atoms with van der Waals surface area (Å²) in [7, 11) is -2.02. The summed E-state index contributed by atoms with van der Waals surface area (Å²) in [4.78, 5) is 21.4. The molecule has 0 aliphatic carbocycles. The molecule has 0 radical (unpaired) electrons. The van der Waals surface area contributed by atoms with Gasteiger partial charge >= 0.3 is 0 Å². The molecule has 4 rings (SSSR count). The smallest absolute Gasteiger partial charge is 0.260 e. The van der Waals surface area contributed by atoms with Crippen molar-refractivity contribution in [1.29, 1.82) is 0 Å². The summed E-state index contributed by atoms with van der Waals surface area (Å²) in [5.41, 5.74) is 2.23. The first kappa shape index (κ1) is 26.3. The highest BCUT2D eigenvalue weighted by Crippen LogP contribution is 2.33. The Kier molecular flexibility index (Phi) is 8.46. The van der Waals surface area contributed by atoms with E-state index in [-0.39, 0.29) is 10.8 Å². The summed E-state index contributed by atoms with van der Waals surface area (Å²) in [5, 5.41) is 0.605. The Labute approximate surface area is 221 Å². The Morgan fingerprint density at radius 1 is 1.03 bits per heavy atom. The van der Waals surface area contributed by atoms with E-state index in [2.05, 4.69) is 6.07 Å². The zero-order valence-electron chi connectivity index (χ0n) is 20.5. The van der Waals surface area contributed by atoms with Crippen LogP contribution in [0, 0.1) is 0 Å². The number of carbonyl (C=O) groups is 1. The quantitative estimate of drug-likeness (QED) is 0.222. The largest absolute Gasteiger partial charge is 0.279 e. The Balaban J connectivity index is 1.66. The third-order valence-electron chi connectivity index (χ3n) is 5.88. The number of aromatic nitrogens is 1. The number of hydrogen-bond acceptors (Lipinski definition) is 6. The Bertz CT molecular complexity index is 1440. The van der Waals surface area contributed by atoms with Crippen molar-refractivity contribution in [3.05, 3.63) is 83.9 Å². The Hall–Kier alpha value is -2.72. The number of carbonyl (C=O) groups excluding carboxylic acids is 1. The van der Waals surface area contributed by atoms with Gasteiger partial charge in [-0.1, -0.05) is 55.0 Å². The lowest BCUT2D eigenvalue weighted by Crippen LogP contribution is -2.30. The van der Waals surface area contributed by atoms with Gasteiger partial charge in [0, 0.05) is 24.1 Å². The topological polar surface area (TPSA) is 70.6 Å². The molecular formula is C27H29N3O3S3. The van der Waals surface area contributed by atoms with Crippen LogP contribution < -0.4 is 4.90 Å². The van der Waals surface area contributed by atoms with Crippen LogP contribution in [0.25, 0.3) is 10.2 Å². The van der Waals surface area contributed by atoms with Gasteiger partial charge in [-0.15, -0.1) is 11.8 Å². The van der Waals surface area contributed by atoms with E-state index in [1.54, 1.807) is 35.8 Å². The molecule has 0 fully saturated rings. The van der Waals surface area contributed by atoms with Crippen molar-refractivity contribution < 1.29 is 13.2 Å². The van der Waals surface area contributed by atoms with Gasteiger partial charge in [0.1, 0.15) is 0 Å². The molecule has 0 bridgehead atoms. The fraction of sp³-hybridized carbons (Fsp3) is 0.259. The number of anilines is 1. The molecule has 6 nitrogen and oxygen atoms in total. The summed E-state index contributed by atoms with van der Waals surface area (Å²) in [5.74, 6) is -0.230. The number of fused-ring (bicyclic) bond motifs is 1. The molecule has 0 atom stereocenters. The fourth-order valence-electron chi connectivity index (χ4n) is 3.73. The third kappa shape index (κ3) is 5.81. The predicted molar refractivity (Wildman–Crippen MR) is 150 cm³/mol. The van der Waals surface area contributed by atoms with Crippen molar-refractivity contribution in [2.24, 2.45) is 0 Å². The highest BCUT2D eigenvalue weighted by Gasteiger charge is 2.24. The van der Waals surface area contributed by atoms with Gasteiger partial charge in [-0.05, 0) is 60.7 Å². The summed E-state index contributed by atoms with van der Waals surface area (Å²) in [6.45, 7) is 2.84. The van der Waals surface area contributed by atoms with E-state index in [4.69, 9.17) is 4.98 Å². The predicted octanol–water partition coefficient (Wildman–Crippen LogP) is 6.29. The van der Waals surface area contributed by atoms with E-state index in [1.807, 2.05) is 55.6 Å². The maximum Gasteiger partial charge on any atom is 0.260 e. The van der Waals surface area contributed by atoms with E-state index >= 15 is 0 Å². The van der Waals surface area contributed by atoms with Crippen LogP contribution >= 0.6 is 23.1 Å². The molecule has 1 amide bonds. The molecule has 188 valence electrons. The number of unbranched alkanes of at least 4 members (excludes halogenated alkanes) is 1. The lowest BCUT2D eigenvalue weighted by atomic mass is 10.1. The molecule has 36 heavy (non-hydrogen) atoms. The number of nitrogens with zero attached hydrogens (tertiary/aromatic N) is 3. The van der Waals surface area contributed by atoms with Crippen LogP contribution in [0.4, 0.5) is 5.13 Å². The maximum absolute atomic E-state index is 13.7. The molecule has 0 unspecified atom stereocenters. The molecule has 0 N–H and O–H groups in total. The van der Waals surface area contributed by atoms with Crippen molar-refractivity contribution in [3.8, 4) is 0 Å².